The van der Waals surface area contributed by atoms with Crippen molar-refractivity contribution in [3.8, 4) is 0 Å². The number of aryl methyl sites for hydroxylation is 1. The standard InChI is InChI=1S/C24H28F3N3O/c1-15-9-21-20(16(2)13-23(3,4)30(21)5)12-18(15)14-28-29-22(31)11-17-7-6-8-19(10-17)24(25,26)27/h6-10,12,14,16H,11,13H2,1-5H3,(H,29,31)/b28-14+/t16-/m1/s1. The average molecular weight is 432 g/mol. The molecule has 1 amide bonds. The zero-order valence-electron chi connectivity index (χ0n) is 18.5. The van der Waals surface area contributed by atoms with Gasteiger partial charge >= 0.3 is 6.18 Å². The molecule has 0 fully saturated rings. The van der Waals surface area contributed by atoms with E-state index < -0.39 is 17.6 Å². The molecule has 1 aliphatic rings. The summed E-state index contributed by atoms with van der Waals surface area (Å²) in [5.74, 6) is -0.0783. The van der Waals surface area contributed by atoms with Crippen LogP contribution in [0.4, 0.5) is 18.9 Å². The molecular formula is C24H28F3N3O. The Balaban J connectivity index is 1.71. The van der Waals surface area contributed by atoms with E-state index in [1.54, 1.807) is 6.21 Å². The lowest BCUT2D eigenvalue weighted by Gasteiger charge is -2.45. The molecule has 1 aliphatic heterocycles. The van der Waals surface area contributed by atoms with Crippen molar-refractivity contribution in [2.24, 2.45) is 5.10 Å². The third-order valence-electron chi connectivity index (χ3n) is 6.03. The van der Waals surface area contributed by atoms with Crippen LogP contribution in [-0.2, 0) is 17.4 Å². The van der Waals surface area contributed by atoms with Crippen molar-refractivity contribution < 1.29 is 18.0 Å². The Morgan fingerprint density at radius 1 is 1.29 bits per heavy atom. The first kappa shape index (κ1) is 22.8. The molecule has 166 valence electrons. The van der Waals surface area contributed by atoms with Gasteiger partial charge in [-0.15, -0.1) is 0 Å². The van der Waals surface area contributed by atoms with E-state index in [0.717, 1.165) is 29.7 Å². The minimum atomic E-state index is -4.44. The van der Waals surface area contributed by atoms with Gasteiger partial charge in [0.15, 0.2) is 0 Å². The molecule has 0 saturated heterocycles. The Hall–Kier alpha value is -2.83. The molecule has 7 heteroatoms. The van der Waals surface area contributed by atoms with Crippen molar-refractivity contribution in [3.63, 3.8) is 0 Å². The highest BCUT2D eigenvalue weighted by Crippen LogP contribution is 2.43. The van der Waals surface area contributed by atoms with Gasteiger partial charge in [-0.05, 0) is 73.6 Å². The maximum atomic E-state index is 12.8. The van der Waals surface area contributed by atoms with Crippen molar-refractivity contribution in [1.29, 1.82) is 0 Å². The SMILES string of the molecule is Cc1cc2c(cc1/C=N/NC(=O)Cc1cccc(C(F)(F)F)c1)[C@H](C)CC(C)(C)N2C. The van der Waals surface area contributed by atoms with E-state index in [2.05, 4.69) is 55.4 Å². The number of alkyl halides is 3. The molecule has 0 saturated carbocycles. The number of fused-ring (bicyclic) bond motifs is 1. The third kappa shape index (κ3) is 5.09. The smallest absolute Gasteiger partial charge is 0.369 e. The van der Waals surface area contributed by atoms with Gasteiger partial charge in [0.2, 0.25) is 5.91 Å². The number of benzene rings is 2. The van der Waals surface area contributed by atoms with Crippen LogP contribution in [0.5, 0.6) is 0 Å². The second kappa shape index (κ2) is 8.36. The molecule has 3 rings (SSSR count). The van der Waals surface area contributed by atoms with Gasteiger partial charge in [0, 0.05) is 18.3 Å². The predicted molar refractivity (Wildman–Crippen MR) is 118 cm³/mol. The highest BCUT2D eigenvalue weighted by Gasteiger charge is 2.34. The Morgan fingerprint density at radius 3 is 2.68 bits per heavy atom. The Bertz CT molecular complexity index is 1010. The molecule has 0 unspecified atom stereocenters. The van der Waals surface area contributed by atoms with Gasteiger partial charge < -0.3 is 4.90 Å². The molecule has 0 bridgehead atoms. The predicted octanol–water partition coefficient (Wildman–Crippen LogP) is 5.43. The minimum absolute atomic E-state index is 0.0753. The van der Waals surface area contributed by atoms with Crippen molar-refractivity contribution in [2.45, 2.75) is 58.2 Å². The van der Waals surface area contributed by atoms with Crippen molar-refractivity contribution in [3.05, 3.63) is 64.2 Å². The number of amides is 1. The summed E-state index contributed by atoms with van der Waals surface area (Å²) in [5, 5.41) is 4.03. The summed E-state index contributed by atoms with van der Waals surface area (Å²) in [6.07, 6.45) is -1.99. The topological polar surface area (TPSA) is 44.7 Å². The first-order valence-electron chi connectivity index (χ1n) is 10.2. The number of nitrogens with zero attached hydrogens (tertiary/aromatic N) is 2. The molecule has 1 heterocycles. The molecule has 0 aliphatic carbocycles. The summed E-state index contributed by atoms with van der Waals surface area (Å²) in [6, 6.07) is 8.99. The highest BCUT2D eigenvalue weighted by molar-refractivity contribution is 5.86. The Kier molecular flexibility index (Phi) is 6.16. The summed E-state index contributed by atoms with van der Waals surface area (Å²) in [7, 11) is 2.10. The number of hydrazone groups is 1. The lowest BCUT2D eigenvalue weighted by atomic mass is 9.79. The monoisotopic (exact) mass is 431 g/mol. The zero-order valence-corrected chi connectivity index (χ0v) is 18.5. The summed E-state index contributed by atoms with van der Waals surface area (Å²) in [5.41, 5.74) is 6.38. The average Bonchev–Trinajstić information content (AvgIpc) is 2.66. The fourth-order valence-electron chi connectivity index (χ4n) is 4.13. The molecular weight excluding hydrogens is 403 g/mol. The third-order valence-corrected chi connectivity index (χ3v) is 6.03. The van der Waals surface area contributed by atoms with Crippen LogP contribution in [0.15, 0.2) is 41.5 Å². The van der Waals surface area contributed by atoms with Crippen LogP contribution >= 0.6 is 0 Å². The van der Waals surface area contributed by atoms with Gasteiger partial charge in [0.1, 0.15) is 0 Å². The van der Waals surface area contributed by atoms with Crippen LogP contribution in [-0.4, -0.2) is 24.7 Å². The van der Waals surface area contributed by atoms with Crippen LogP contribution < -0.4 is 10.3 Å². The van der Waals surface area contributed by atoms with Crippen molar-refractivity contribution in [1.82, 2.24) is 5.43 Å². The second-order valence-electron chi connectivity index (χ2n) is 8.91. The van der Waals surface area contributed by atoms with Gasteiger partial charge in [-0.2, -0.15) is 18.3 Å². The quantitative estimate of drug-likeness (QED) is 0.518. The number of carbonyl (C=O) groups is 1. The first-order chi connectivity index (χ1) is 14.4. The van der Waals surface area contributed by atoms with Gasteiger partial charge in [0.25, 0.3) is 0 Å². The molecule has 0 aromatic heterocycles. The van der Waals surface area contributed by atoms with Crippen LogP contribution in [0.25, 0.3) is 0 Å². The molecule has 0 radical (unpaired) electrons. The van der Waals surface area contributed by atoms with E-state index in [9.17, 15) is 18.0 Å². The molecule has 1 N–H and O–H groups in total. The number of nitrogens with one attached hydrogen (secondary N) is 1. The summed E-state index contributed by atoms with van der Waals surface area (Å²) < 4.78 is 38.5. The number of anilines is 1. The van der Waals surface area contributed by atoms with Gasteiger partial charge in [-0.25, -0.2) is 5.43 Å². The van der Waals surface area contributed by atoms with Crippen molar-refractivity contribution in [2.75, 3.05) is 11.9 Å². The zero-order chi connectivity index (χ0) is 23.0. The Labute approximate surface area is 181 Å². The van der Waals surface area contributed by atoms with E-state index in [0.29, 0.717) is 5.92 Å². The highest BCUT2D eigenvalue weighted by atomic mass is 19.4. The van der Waals surface area contributed by atoms with Crippen LogP contribution in [0.1, 0.15) is 60.9 Å². The maximum Gasteiger partial charge on any atom is 0.416 e. The van der Waals surface area contributed by atoms with E-state index in [1.165, 1.54) is 23.4 Å². The number of carbonyl (C=O) groups excluding carboxylic acids is 1. The summed E-state index contributed by atoms with van der Waals surface area (Å²) in [6.45, 7) is 8.67. The number of hydrogen-bond donors (Lipinski definition) is 1. The van der Waals surface area contributed by atoms with Gasteiger partial charge in [-0.1, -0.05) is 25.1 Å². The fourth-order valence-corrected chi connectivity index (χ4v) is 4.13. The molecule has 31 heavy (non-hydrogen) atoms. The first-order valence-corrected chi connectivity index (χ1v) is 10.2. The number of hydrogen-bond acceptors (Lipinski definition) is 3. The Morgan fingerprint density at radius 2 is 2.00 bits per heavy atom. The number of halogens is 3. The van der Waals surface area contributed by atoms with Crippen LogP contribution in [0.2, 0.25) is 0 Å². The maximum absolute atomic E-state index is 12.8. The molecule has 2 aromatic rings. The molecule has 4 nitrogen and oxygen atoms in total. The lowest BCUT2D eigenvalue weighted by molar-refractivity contribution is -0.137. The lowest BCUT2D eigenvalue weighted by Crippen LogP contribution is -2.45. The van der Waals surface area contributed by atoms with Gasteiger partial charge in [0.05, 0.1) is 18.2 Å². The van der Waals surface area contributed by atoms with E-state index in [1.807, 2.05) is 6.92 Å². The van der Waals surface area contributed by atoms with E-state index in [-0.39, 0.29) is 17.5 Å². The van der Waals surface area contributed by atoms with Gasteiger partial charge in [-0.3, -0.25) is 4.79 Å². The summed E-state index contributed by atoms with van der Waals surface area (Å²) >= 11 is 0. The van der Waals surface area contributed by atoms with Crippen molar-refractivity contribution >= 4 is 17.8 Å². The summed E-state index contributed by atoms with van der Waals surface area (Å²) in [4.78, 5) is 14.4. The number of rotatable bonds is 4. The second-order valence-corrected chi connectivity index (χ2v) is 8.91. The van der Waals surface area contributed by atoms with Crippen LogP contribution in [0, 0.1) is 6.92 Å². The molecule has 1 atom stereocenters. The molecule has 0 spiro atoms. The minimum Gasteiger partial charge on any atom is -0.369 e. The molecule has 2 aromatic carbocycles. The fraction of sp³-hybridized carbons (Fsp3) is 0.417. The normalized spacial score (nSPS) is 18.2. The van der Waals surface area contributed by atoms with Crippen LogP contribution in [0.3, 0.4) is 0 Å². The van der Waals surface area contributed by atoms with E-state index in [4.69, 9.17) is 0 Å². The largest absolute Gasteiger partial charge is 0.416 e. The van der Waals surface area contributed by atoms with E-state index >= 15 is 0 Å².